The van der Waals surface area contributed by atoms with Crippen molar-refractivity contribution in [2.45, 2.75) is 0 Å². The number of thiol groups is 1. The number of hydrogen-bond donors (Lipinski definition) is 3. The molecule has 0 saturated carbocycles. The number of carbonyl (C=O) groups excluding carboxylic acids is 1. The third kappa shape index (κ3) is 3.80. The van der Waals surface area contributed by atoms with Crippen LogP contribution in [-0.2, 0) is 0 Å². The van der Waals surface area contributed by atoms with Crippen molar-refractivity contribution in [3.8, 4) is 0 Å². The summed E-state index contributed by atoms with van der Waals surface area (Å²) in [6, 6.07) is -0.154. The maximum atomic E-state index is 10.3. The molecular weight excluding hydrogens is 124 g/mol. The van der Waals surface area contributed by atoms with Gasteiger partial charge in [-0.2, -0.15) is 12.6 Å². The molecule has 0 aromatic rings. The summed E-state index contributed by atoms with van der Waals surface area (Å²) in [5.74, 6) is 0.674. The first-order chi connectivity index (χ1) is 3.81. The summed E-state index contributed by atoms with van der Waals surface area (Å²) in [6.45, 7) is 0.614. The highest BCUT2D eigenvalue weighted by molar-refractivity contribution is 7.80. The van der Waals surface area contributed by atoms with Crippen molar-refractivity contribution in [3.05, 3.63) is 0 Å². The number of nitrogens with one attached hydrogen (secondary N) is 2. The van der Waals surface area contributed by atoms with Crippen LogP contribution in [0.2, 0.25) is 0 Å². The molecule has 0 radical (unpaired) electrons. The van der Waals surface area contributed by atoms with Gasteiger partial charge in [0.05, 0.1) is 0 Å². The van der Waals surface area contributed by atoms with E-state index >= 15 is 0 Å². The largest absolute Gasteiger partial charge is 0.341 e. The molecule has 0 aromatic heterocycles. The van der Waals surface area contributed by atoms with E-state index in [4.69, 9.17) is 0 Å². The Morgan fingerprint density at radius 3 is 2.75 bits per heavy atom. The molecule has 8 heavy (non-hydrogen) atoms. The van der Waals surface area contributed by atoms with E-state index < -0.39 is 0 Å². The van der Waals surface area contributed by atoms with Crippen molar-refractivity contribution in [3.63, 3.8) is 0 Å². The fraction of sp³-hybridized carbons (Fsp3) is 0.750. The van der Waals surface area contributed by atoms with Gasteiger partial charge in [0.15, 0.2) is 0 Å². The molecule has 0 bridgehead atoms. The zero-order chi connectivity index (χ0) is 6.41. The van der Waals surface area contributed by atoms with Crippen LogP contribution in [0.1, 0.15) is 0 Å². The van der Waals surface area contributed by atoms with Gasteiger partial charge >= 0.3 is 6.03 Å². The Balaban J connectivity index is 2.99. The van der Waals surface area contributed by atoms with Crippen molar-refractivity contribution in [1.82, 2.24) is 10.6 Å². The summed E-state index contributed by atoms with van der Waals surface area (Å²) < 4.78 is 0. The van der Waals surface area contributed by atoms with Crippen LogP contribution in [0.5, 0.6) is 0 Å². The monoisotopic (exact) mass is 134 g/mol. The lowest BCUT2D eigenvalue weighted by Gasteiger charge is -1.98. The molecule has 0 aromatic carbocycles. The molecule has 0 heterocycles. The van der Waals surface area contributed by atoms with Gasteiger partial charge in [-0.25, -0.2) is 4.79 Å². The molecule has 4 heteroatoms. The zero-order valence-electron chi connectivity index (χ0n) is 4.77. The number of hydrogen-bond acceptors (Lipinski definition) is 2. The van der Waals surface area contributed by atoms with E-state index in [0.717, 1.165) is 0 Å². The molecule has 2 amide bonds. The highest BCUT2D eigenvalue weighted by Gasteiger charge is 1.89. The van der Waals surface area contributed by atoms with Gasteiger partial charge in [-0.05, 0) is 0 Å². The summed E-state index contributed by atoms with van der Waals surface area (Å²) in [5, 5.41) is 4.97. The first-order valence-corrected chi connectivity index (χ1v) is 3.01. The maximum absolute atomic E-state index is 10.3. The van der Waals surface area contributed by atoms with E-state index in [1.54, 1.807) is 7.05 Å². The second kappa shape index (κ2) is 4.77. The van der Waals surface area contributed by atoms with Gasteiger partial charge in [0, 0.05) is 19.3 Å². The highest BCUT2D eigenvalue weighted by atomic mass is 32.1. The minimum Gasteiger partial charge on any atom is -0.341 e. The molecule has 3 nitrogen and oxygen atoms in total. The molecule has 0 aliphatic rings. The molecular formula is C4H10N2OS. The Hall–Kier alpha value is -0.380. The zero-order valence-corrected chi connectivity index (χ0v) is 5.66. The number of rotatable bonds is 2. The van der Waals surface area contributed by atoms with Crippen LogP contribution in [0.4, 0.5) is 4.79 Å². The summed E-state index contributed by atoms with van der Waals surface area (Å²) in [6.07, 6.45) is 0. The average Bonchev–Trinajstić information content (AvgIpc) is 1.83. The van der Waals surface area contributed by atoms with Crippen molar-refractivity contribution < 1.29 is 4.79 Å². The van der Waals surface area contributed by atoms with Crippen LogP contribution in [0.15, 0.2) is 0 Å². The molecule has 0 fully saturated rings. The highest BCUT2D eigenvalue weighted by Crippen LogP contribution is 1.67. The predicted molar refractivity (Wildman–Crippen MR) is 36.3 cm³/mol. The van der Waals surface area contributed by atoms with Crippen LogP contribution in [0.25, 0.3) is 0 Å². The van der Waals surface area contributed by atoms with Gasteiger partial charge in [0.25, 0.3) is 0 Å². The fourth-order valence-corrected chi connectivity index (χ4v) is 0.370. The molecule has 2 N–H and O–H groups in total. The normalized spacial score (nSPS) is 8.25. The fourth-order valence-electron chi connectivity index (χ4n) is 0.258. The molecule has 0 aliphatic heterocycles. The predicted octanol–water partition coefficient (Wildman–Crippen LogP) is -0.155. The summed E-state index contributed by atoms with van der Waals surface area (Å²) >= 11 is 3.89. The number of amides is 2. The third-order valence-corrected chi connectivity index (χ3v) is 0.848. The summed E-state index contributed by atoms with van der Waals surface area (Å²) in [7, 11) is 1.58. The summed E-state index contributed by atoms with van der Waals surface area (Å²) in [4.78, 5) is 10.3. The SMILES string of the molecule is CNC(=O)NCCS. The second-order valence-electron chi connectivity index (χ2n) is 1.23. The quantitative estimate of drug-likeness (QED) is 0.451. The van der Waals surface area contributed by atoms with Gasteiger partial charge in [-0.1, -0.05) is 0 Å². The Morgan fingerprint density at radius 2 is 2.38 bits per heavy atom. The number of carbonyl (C=O) groups is 1. The van der Waals surface area contributed by atoms with Crippen LogP contribution < -0.4 is 10.6 Å². The maximum Gasteiger partial charge on any atom is 0.314 e. The van der Waals surface area contributed by atoms with Crippen molar-refractivity contribution in [2.24, 2.45) is 0 Å². The Bertz CT molecular complexity index is 76.4. The van der Waals surface area contributed by atoms with E-state index in [-0.39, 0.29) is 6.03 Å². The van der Waals surface area contributed by atoms with E-state index in [2.05, 4.69) is 23.3 Å². The Labute approximate surface area is 54.3 Å². The second-order valence-corrected chi connectivity index (χ2v) is 1.68. The molecule has 0 spiro atoms. The van der Waals surface area contributed by atoms with Crippen LogP contribution in [0, 0.1) is 0 Å². The van der Waals surface area contributed by atoms with Crippen LogP contribution in [-0.4, -0.2) is 25.4 Å². The standard InChI is InChI=1S/C4H10N2OS/c1-5-4(7)6-2-3-8/h8H,2-3H2,1H3,(H2,5,6,7). The lowest BCUT2D eigenvalue weighted by atomic mass is 10.7. The minimum atomic E-state index is -0.154. The van der Waals surface area contributed by atoms with Crippen LogP contribution in [0.3, 0.4) is 0 Å². The average molecular weight is 134 g/mol. The van der Waals surface area contributed by atoms with Crippen molar-refractivity contribution >= 4 is 18.7 Å². The van der Waals surface area contributed by atoms with E-state index in [9.17, 15) is 4.79 Å². The lowest BCUT2D eigenvalue weighted by molar-refractivity contribution is 0.243. The lowest BCUT2D eigenvalue weighted by Crippen LogP contribution is -2.33. The molecule has 0 rings (SSSR count). The van der Waals surface area contributed by atoms with Crippen molar-refractivity contribution in [2.75, 3.05) is 19.3 Å². The van der Waals surface area contributed by atoms with Gasteiger partial charge in [0.1, 0.15) is 0 Å². The van der Waals surface area contributed by atoms with Gasteiger partial charge < -0.3 is 10.6 Å². The topological polar surface area (TPSA) is 41.1 Å². The first kappa shape index (κ1) is 7.62. The molecule has 0 unspecified atom stereocenters. The minimum absolute atomic E-state index is 0.154. The molecule has 0 saturated heterocycles. The smallest absolute Gasteiger partial charge is 0.314 e. The van der Waals surface area contributed by atoms with E-state index in [1.807, 2.05) is 0 Å². The third-order valence-electron chi connectivity index (χ3n) is 0.624. The molecule has 48 valence electrons. The molecule has 0 aliphatic carbocycles. The van der Waals surface area contributed by atoms with Gasteiger partial charge in [-0.3, -0.25) is 0 Å². The number of urea groups is 1. The van der Waals surface area contributed by atoms with Crippen molar-refractivity contribution in [1.29, 1.82) is 0 Å². The molecule has 0 atom stereocenters. The Morgan fingerprint density at radius 1 is 1.75 bits per heavy atom. The summed E-state index contributed by atoms with van der Waals surface area (Å²) in [5.41, 5.74) is 0. The van der Waals surface area contributed by atoms with Gasteiger partial charge in [0.2, 0.25) is 0 Å². The van der Waals surface area contributed by atoms with E-state index in [1.165, 1.54) is 0 Å². The Kier molecular flexibility index (Phi) is 4.54. The van der Waals surface area contributed by atoms with E-state index in [0.29, 0.717) is 12.3 Å². The van der Waals surface area contributed by atoms with Gasteiger partial charge in [-0.15, -0.1) is 0 Å². The van der Waals surface area contributed by atoms with Crippen LogP contribution >= 0.6 is 12.6 Å². The first-order valence-electron chi connectivity index (χ1n) is 2.37.